The molecule has 0 spiro atoms. The van der Waals surface area contributed by atoms with Crippen LogP contribution in [0.3, 0.4) is 0 Å². The van der Waals surface area contributed by atoms with E-state index >= 15 is 0 Å². The van der Waals surface area contributed by atoms with Crippen LogP contribution >= 0.6 is 11.6 Å². The molecule has 1 amide bonds. The molecule has 0 fully saturated rings. The molecule has 2 aromatic rings. The van der Waals surface area contributed by atoms with Gasteiger partial charge in [0.15, 0.2) is 0 Å². The minimum absolute atomic E-state index is 0.0313. The summed E-state index contributed by atoms with van der Waals surface area (Å²) in [5, 5.41) is 11.8. The van der Waals surface area contributed by atoms with Crippen molar-refractivity contribution in [2.45, 2.75) is 46.8 Å². The highest BCUT2D eigenvalue weighted by Gasteiger charge is 2.33. The number of anilines is 1. The van der Waals surface area contributed by atoms with Crippen molar-refractivity contribution >= 4 is 35.0 Å². The van der Waals surface area contributed by atoms with Crippen LogP contribution < -0.4 is 4.90 Å². The fraction of sp³-hybridized carbons (Fsp3) is 0.389. The Kier molecular flexibility index (Phi) is 6.34. The van der Waals surface area contributed by atoms with Crippen LogP contribution in [0.25, 0.3) is 4.85 Å². The molecule has 0 radical (unpaired) electrons. The van der Waals surface area contributed by atoms with E-state index in [1.165, 1.54) is 19.1 Å². The topological polar surface area (TPSA) is 116 Å². The zero-order chi connectivity index (χ0) is 21.9. The third kappa shape index (κ3) is 5.36. The first-order valence-corrected chi connectivity index (χ1v) is 8.83. The van der Waals surface area contributed by atoms with Crippen molar-refractivity contribution in [1.29, 1.82) is 0 Å². The molecule has 0 aliphatic heterocycles. The molecule has 10 nitrogen and oxygen atoms in total. The first kappa shape index (κ1) is 22.0. The van der Waals surface area contributed by atoms with Gasteiger partial charge < -0.3 is 9.58 Å². The molecule has 152 valence electrons. The van der Waals surface area contributed by atoms with Gasteiger partial charge in [-0.2, -0.15) is 0 Å². The Morgan fingerprint density at radius 2 is 1.97 bits per heavy atom. The number of rotatable bonds is 4. The van der Waals surface area contributed by atoms with E-state index in [1.807, 2.05) is 0 Å². The van der Waals surface area contributed by atoms with Crippen LogP contribution in [0, 0.1) is 30.5 Å². The second kappa shape index (κ2) is 8.36. The molecule has 0 unspecified atom stereocenters. The SMILES string of the molecule is [C-]#[N+]c1nc(Cl)ccc1CN(C(=O)OC(C)(C)C)c1nc(C)nc(C)c1[N+](=O)[O-]. The van der Waals surface area contributed by atoms with Gasteiger partial charge in [0.2, 0.25) is 11.0 Å². The van der Waals surface area contributed by atoms with E-state index in [0.717, 1.165) is 4.90 Å². The number of aromatic nitrogens is 3. The fourth-order valence-corrected chi connectivity index (χ4v) is 2.62. The predicted octanol–water partition coefficient (Wildman–Crippen LogP) is 4.54. The van der Waals surface area contributed by atoms with E-state index < -0.39 is 22.3 Å². The Morgan fingerprint density at radius 3 is 2.52 bits per heavy atom. The smallest absolute Gasteiger partial charge is 0.416 e. The van der Waals surface area contributed by atoms with E-state index in [1.54, 1.807) is 27.7 Å². The Balaban J connectivity index is 2.66. The van der Waals surface area contributed by atoms with Gasteiger partial charge in [-0.1, -0.05) is 12.6 Å². The van der Waals surface area contributed by atoms with E-state index in [-0.39, 0.29) is 34.9 Å². The molecule has 2 aromatic heterocycles. The van der Waals surface area contributed by atoms with Gasteiger partial charge in [-0.3, -0.25) is 15.0 Å². The summed E-state index contributed by atoms with van der Waals surface area (Å²) in [4.78, 5) is 40.3. The highest BCUT2D eigenvalue weighted by molar-refractivity contribution is 6.29. The molecule has 2 rings (SSSR count). The summed E-state index contributed by atoms with van der Waals surface area (Å²) >= 11 is 5.84. The van der Waals surface area contributed by atoms with Gasteiger partial charge in [-0.15, -0.1) is 4.98 Å². The highest BCUT2D eigenvalue weighted by atomic mass is 35.5. The Labute approximate surface area is 172 Å². The molecular weight excluding hydrogens is 400 g/mol. The molecular formula is C18H19ClN6O4. The normalized spacial score (nSPS) is 10.9. The van der Waals surface area contributed by atoms with Gasteiger partial charge in [0.1, 0.15) is 17.1 Å². The number of halogens is 1. The van der Waals surface area contributed by atoms with E-state index in [9.17, 15) is 14.9 Å². The fourth-order valence-electron chi connectivity index (χ4n) is 2.48. The van der Waals surface area contributed by atoms with E-state index in [4.69, 9.17) is 22.9 Å². The van der Waals surface area contributed by atoms with E-state index in [0.29, 0.717) is 5.56 Å². The number of hydrogen-bond acceptors (Lipinski definition) is 7. The van der Waals surface area contributed by atoms with E-state index in [2.05, 4.69) is 19.8 Å². The minimum Gasteiger partial charge on any atom is -0.443 e. The third-order valence-electron chi connectivity index (χ3n) is 3.56. The van der Waals surface area contributed by atoms with Crippen LogP contribution in [0.1, 0.15) is 37.9 Å². The van der Waals surface area contributed by atoms with Gasteiger partial charge in [0.05, 0.1) is 4.92 Å². The number of aryl methyl sites for hydroxylation is 2. The summed E-state index contributed by atoms with van der Waals surface area (Å²) in [6.07, 6.45) is -0.857. The summed E-state index contributed by atoms with van der Waals surface area (Å²) < 4.78 is 5.42. The van der Waals surface area contributed by atoms with Gasteiger partial charge in [-0.25, -0.2) is 14.8 Å². The summed E-state index contributed by atoms with van der Waals surface area (Å²) in [7, 11) is 0. The predicted molar refractivity (Wildman–Crippen MR) is 106 cm³/mol. The van der Waals surface area contributed by atoms with Crippen LogP contribution in [0.4, 0.5) is 22.1 Å². The summed E-state index contributed by atoms with van der Waals surface area (Å²) in [6.45, 7) is 15.1. The van der Waals surface area contributed by atoms with Crippen molar-refractivity contribution in [3.05, 3.63) is 55.9 Å². The number of nitrogens with zero attached hydrogens (tertiary/aromatic N) is 6. The Morgan fingerprint density at radius 1 is 1.31 bits per heavy atom. The largest absolute Gasteiger partial charge is 0.443 e. The van der Waals surface area contributed by atoms with Crippen molar-refractivity contribution in [2.24, 2.45) is 0 Å². The molecule has 0 atom stereocenters. The number of nitro groups is 1. The lowest BCUT2D eigenvalue weighted by Crippen LogP contribution is -2.37. The van der Waals surface area contributed by atoms with Crippen molar-refractivity contribution in [3.8, 4) is 0 Å². The zero-order valence-electron chi connectivity index (χ0n) is 16.6. The monoisotopic (exact) mass is 418 g/mol. The average molecular weight is 419 g/mol. The van der Waals surface area contributed by atoms with Crippen LogP contribution in [0.5, 0.6) is 0 Å². The first-order chi connectivity index (χ1) is 13.4. The van der Waals surface area contributed by atoms with Crippen molar-refractivity contribution in [2.75, 3.05) is 4.90 Å². The second-order valence-corrected chi connectivity index (χ2v) is 7.47. The minimum atomic E-state index is -0.859. The maximum Gasteiger partial charge on any atom is 0.416 e. The molecule has 2 heterocycles. The van der Waals surface area contributed by atoms with Gasteiger partial charge >= 0.3 is 11.8 Å². The van der Waals surface area contributed by atoms with Crippen molar-refractivity contribution in [3.63, 3.8) is 0 Å². The number of carbonyl (C=O) groups excluding carboxylic acids is 1. The van der Waals surface area contributed by atoms with Gasteiger partial charge in [0.25, 0.3) is 5.82 Å². The molecule has 0 aromatic carbocycles. The van der Waals surface area contributed by atoms with Crippen molar-refractivity contribution < 1.29 is 14.5 Å². The zero-order valence-corrected chi connectivity index (χ0v) is 17.3. The van der Waals surface area contributed by atoms with Gasteiger partial charge in [-0.05, 0) is 57.8 Å². The summed E-state index contributed by atoms with van der Waals surface area (Å²) in [5.41, 5.74) is -0.848. The van der Waals surface area contributed by atoms with Gasteiger partial charge in [0, 0.05) is 6.54 Å². The molecule has 11 heteroatoms. The molecule has 0 saturated carbocycles. The van der Waals surface area contributed by atoms with Crippen LogP contribution in [-0.2, 0) is 11.3 Å². The standard InChI is InChI=1S/C18H19ClN6O4/c1-10-14(25(27)28)16(22-11(2)21-10)24(17(26)29-18(3,4)5)9-12-7-8-13(19)23-15(12)20-6/h7-8H,9H2,1-5H3. The Bertz CT molecular complexity index is 1010. The average Bonchev–Trinajstić information content (AvgIpc) is 2.57. The maximum absolute atomic E-state index is 12.9. The first-order valence-electron chi connectivity index (χ1n) is 8.46. The third-order valence-corrected chi connectivity index (χ3v) is 3.77. The maximum atomic E-state index is 12.9. The summed E-state index contributed by atoms with van der Waals surface area (Å²) in [6, 6.07) is 2.98. The highest BCUT2D eigenvalue weighted by Crippen LogP contribution is 2.32. The lowest BCUT2D eigenvalue weighted by molar-refractivity contribution is -0.385. The molecule has 0 aliphatic rings. The van der Waals surface area contributed by atoms with Crippen LogP contribution in [-0.4, -0.2) is 31.6 Å². The number of ether oxygens (including phenoxy) is 1. The van der Waals surface area contributed by atoms with Crippen molar-refractivity contribution in [1.82, 2.24) is 15.0 Å². The number of hydrogen-bond donors (Lipinski definition) is 0. The lowest BCUT2D eigenvalue weighted by Gasteiger charge is -2.27. The quantitative estimate of drug-likeness (QED) is 0.309. The van der Waals surface area contributed by atoms with Crippen LogP contribution in [0.2, 0.25) is 5.15 Å². The molecule has 0 bridgehead atoms. The summed E-state index contributed by atoms with van der Waals surface area (Å²) in [5.74, 6) is -0.00682. The second-order valence-electron chi connectivity index (χ2n) is 7.08. The van der Waals surface area contributed by atoms with Crippen LogP contribution in [0.15, 0.2) is 12.1 Å². The molecule has 0 aliphatic carbocycles. The lowest BCUT2D eigenvalue weighted by atomic mass is 10.2. The Hall–Kier alpha value is -3.32. The molecule has 0 N–H and O–H groups in total. The number of pyridine rings is 1. The number of amides is 1. The molecule has 29 heavy (non-hydrogen) atoms. The molecule has 0 saturated heterocycles. The number of carbonyl (C=O) groups is 1.